The highest BCUT2D eigenvalue weighted by atomic mass is 35.5. The Labute approximate surface area is 185 Å². The number of carbonyl (C=O) groups excluding carboxylic acids is 1. The van der Waals surface area contributed by atoms with Crippen LogP contribution in [0.4, 0.5) is 8.78 Å². The summed E-state index contributed by atoms with van der Waals surface area (Å²) in [6.45, 7) is 0. The Balaban J connectivity index is 1.97. The molecular formula is C22H17ClF2O5S. The van der Waals surface area contributed by atoms with Crippen LogP contribution in [0.2, 0.25) is 5.02 Å². The smallest absolute Gasteiger partial charge is 0.306 e. The van der Waals surface area contributed by atoms with Gasteiger partial charge in [0.2, 0.25) is 11.2 Å². The molecule has 1 N–H and O–H groups in total. The molecule has 1 heterocycles. The Kier molecular flexibility index (Phi) is 7.35. The van der Waals surface area contributed by atoms with E-state index in [1.807, 2.05) is 0 Å². The SMILES string of the molecule is COC(=O)C[C@H](c1ccc(Cl)cc1)c1oc(CSc2ccc(F)cc2F)cc(=O)c1O. The van der Waals surface area contributed by atoms with Gasteiger partial charge in [-0.15, -0.1) is 11.8 Å². The van der Waals surface area contributed by atoms with E-state index in [0.29, 0.717) is 10.6 Å². The minimum Gasteiger partial charge on any atom is -0.502 e. The zero-order valence-electron chi connectivity index (χ0n) is 16.2. The van der Waals surface area contributed by atoms with Gasteiger partial charge in [0.05, 0.1) is 25.2 Å². The fourth-order valence-corrected chi connectivity index (χ4v) is 3.84. The second-order valence-electron chi connectivity index (χ2n) is 6.54. The molecule has 31 heavy (non-hydrogen) atoms. The van der Waals surface area contributed by atoms with Crippen molar-refractivity contribution in [2.75, 3.05) is 7.11 Å². The van der Waals surface area contributed by atoms with Gasteiger partial charge < -0.3 is 14.3 Å². The second kappa shape index (κ2) is 9.98. The Morgan fingerprint density at radius 1 is 1.19 bits per heavy atom. The molecule has 0 bridgehead atoms. The van der Waals surface area contributed by atoms with Crippen molar-refractivity contribution in [3.8, 4) is 5.75 Å². The Morgan fingerprint density at radius 3 is 2.55 bits per heavy atom. The minimum atomic E-state index is -0.815. The van der Waals surface area contributed by atoms with Crippen LogP contribution >= 0.6 is 23.4 Å². The summed E-state index contributed by atoms with van der Waals surface area (Å²) in [4.78, 5) is 24.5. The Hall–Kier alpha value is -2.84. The van der Waals surface area contributed by atoms with E-state index >= 15 is 0 Å². The van der Waals surface area contributed by atoms with E-state index < -0.39 is 34.7 Å². The number of carbonyl (C=O) groups is 1. The minimum absolute atomic E-state index is 0.0383. The fraction of sp³-hybridized carbons (Fsp3) is 0.182. The van der Waals surface area contributed by atoms with Gasteiger partial charge in [0, 0.05) is 22.1 Å². The number of benzene rings is 2. The molecule has 0 spiro atoms. The third-order valence-electron chi connectivity index (χ3n) is 4.45. The maximum Gasteiger partial charge on any atom is 0.306 e. The molecule has 2 aromatic carbocycles. The summed E-state index contributed by atoms with van der Waals surface area (Å²) < 4.78 is 37.5. The number of thioether (sulfide) groups is 1. The maximum absolute atomic E-state index is 13.9. The predicted molar refractivity (Wildman–Crippen MR) is 112 cm³/mol. The van der Waals surface area contributed by atoms with Crippen molar-refractivity contribution in [3.05, 3.63) is 92.5 Å². The first-order valence-corrected chi connectivity index (χ1v) is 10.4. The molecule has 0 saturated carbocycles. The zero-order chi connectivity index (χ0) is 22.5. The molecule has 0 amide bonds. The van der Waals surface area contributed by atoms with Crippen molar-refractivity contribution in [3.63, 3.8) is 0 Å². The average molecular weight is 467 g/mol. The van der Waals surface area contributed by atoms with E-state index in [2.05, 4.69) is 0 Å². The van der Waals surface area contributed by atoms with Crippen LogP contribution in [0.5, 0.6) is 5.75 Å². The summed E-state index contributed by atoms with van der Waals surface area (Å²) in [5.41, 5.74) is -0.136. The van der Waals surface area contributed by atoms with Gasteiger partial charge in [-0.1, -0.05) is 23.7 Å². The number of hydrogen-bond acceptors (Lipinski definition) is 6. The largest absolute Gasteiger partial charge is 0.502 e. The Morgan fingerprint density at radius 2 is 1.90 bits per heavy atom. The first-order chi connectivity index (χ1) is 14.8. The van der Waals surface area contributed by atoms with Crippen LogP contribution in [-0.2, 0) is 15.3 Å². The molecule has 1 atom stereocenters. The lowest BCUT2D eigenvalue weighted by Gasteiger charge is -2.17. The number of hydrogen-bond donors (Lipinski definition) is 1. The number of aromatic hydroxyl groups is 1. The summed E-state index contributed by atoms with van der Waals surface area (Å²) in [6, 6.07) is 10.7. The maximum atomic E-state index is 13.9. The van der Waals surface area contributed by atoms with Gasteiger partial charge in [0.25, 0.3) is 0 Å². The number of ether oxygens (including phenoxy) is 1. The molecule has 0 aliphatic carbocycles. The highest BCUT2D eigenvalue weighted by molar-refractivity contribution is 7.98. The number of methoxy groups -OCH3 is 1. The quantitative estimate of drug-likeness (QED) is 0.378. The van der Waals surface area contributed by atoms with E-state index in [0.717, 1.165) is 30.0 Å². The van der Waals surface area contributed by atoms with Gasteiger partial charge in [-0.2, -0.15) is 0 Å². The van der Waals surface area contributed by atoms with Crippen LogP contribution in [0, 0.1) is 11.6 Å². The molecule has 3 aromatic rings. The normalized spacial score (nSPS) is 11.9. The van der Waals surface area contributed by atoms with Crippen molar-refractivity contribution in [1.82, 2.24) is 0 Å². The van der Waals surface area contributed by atoms with Crippen LogP contribution in [0.15, 0.2) is 62.6 Å². The van der Waals surface area contributed by atoms with E-state index in [1.54, 1.807) is 24.3 Å². The molecule has 9 heteroatoms. The molecule has 0 radical (unpaired) electrons. The molecule has 0 aliphatic rings. The van der Waals surface area contributed by atoms with Crippen LogP contribution in [0.3, 0.4) is 0 Å². The lowest BCUT2D eigenvalue weighted by molar-refractivity contribution is -0.140. The van der Waals surface area contributed by atoms with Gasteiger partial charge in [-0.3, -0.25) is 9.59 Å². The number of esters is 1. The van der Waals surface area contributed by atoms with Crippen molar-refractivity contribution < 1.29 is 27.8 Å². The van der Waals surface area contributed by atoms with Crippen molar-refractivity contribution in [1.29, 1.82) is 0 Å². The molecular weight excluding hydrogens is 450 g/mol. The summed E-state index contributed by atoms with van der Waals surface area (Å²) in [6.07, 6.45) is -0.197. The highest BCUT2D eigenvalue weighted by Crippen LogP contribution is 2.35. The van der Waals surface area contributed by atoms with Gasteiger partial charge in [0.15, 0.2) is 5.76 Å². The van der Waals surface area contributed by atoms with E-state index in [1.165, 1.54) is 13.2 Å². The topological polar surface area (TPSA) is 76.7 Å². The summed E-state index contributed by atoms with van der Waals surface area (Å²) in [7, 11) is 1.22. The van der Waals surface area contributed by atoms with Gasteiger partial charge in [0.1, 0.15) is 17.4 Å². The standard InChI is InChI=1S/C22H17ClF2O5S/c1-29-20(27)10-16(12-2-4-13(23)5-3-12)22-21(28)18(26)9-15(30-22)11-31-19-7-6-14(24)8-17(19)25/h2-9,16,28H,10-11H2,1H3/t16-/m1/s1. The van der Waals surface area contributed by atoms with E-state index in [-0.39, 0.29) is 28.6 Å². The van der Waals surface area contributed by atoms with Gasteiger partial charge in [-0.25, -0.2) is 8.78 Å². The second-order valence-corrected chi connectivity index (χ2v) is 7.99. The average Bonchev–Trinajstić information content (AvgIpc) is 2.74. The zero-order valence-corrected chi connectivity index (χ0v) is 17.8. The molecule has 0 fully saturated rings. The number of rotatable bonds is 7. The van der Waals surface area contributed by atoms with Gasteiger partial charge in [-0.05, 0) is 29.8 Å². The molecule has 1 aromatic heterocycles. The molecule has 0 unspecified atom stereocenters. The lowest BCUT2D eigenvalue weighted by Crippen LogP contribution is -2.14. The Bertz CT molecular complexity index is 1150. The monoisotopic (exact) mass is 466 g/mol. The number of halogens is 3. The first kappa shape index (κ1) is 22.8. The molecule has 0 saturated heterocycles. The van der Waals surface area contributed by atoms with E-state index in [4.69, 9.17) is 20.8 Å². The summed E-state index contributed by atoms with van der Waals surface area (Å²) >= 11 is 6.92. The highest BCUT2D eigenvalue weighted by Gasteiger charge is 2.26. The molecule has 3 rings (SSSR count). The molecule has 0 aliphatic heterocycles. The van der Waals surface area contributed by atoms with Gasteiger partial charge >= 0.3 is 5.97 Å². The summed E-state index contributed by atoms with van der Waals surface area (Å²) in [5.74, 6) is -3.39. The lowest BCUT2D eigenvalue weighted by atomic mass is 9.92. The fourth-order valence-electron chi connectivity index (χ4n) is 2.91. The van der Waals surface area contributed by atoms with Crippen LogP contribution < -0.4 is 5.43 Å². The summed E-state index contributed by atoms with van der Waals surface area (Å²) in [5, 5.41) is 10.8. The first-order valence-electron chi connectivity index (χ1n) is 9.04. The van der Waals surface area contributed by atoms with E-state index in [9.17, 15) is 23.5 Å². The van der Waals surface area contributed by atoms with Crippen molar-refractivity contribution in [2.24, 2.45) is 0 Å². The van der Waals surface area contributed by atoms with Crippen molar-refractivity contribution in [2.45, 2.75) is 23.0 Å². The predicted octanol–water partition coefficient (Wildman–Crippen LogP) is 5.26. The third-order valence-corrected chi connectivity index (χ3v) is 5.77. The molecule has 5 nitrogen and oxygen atoms in total. The van der Waals surface area contributed by atoms with Crippen LogP contribution in [0.25, 0.3) is 0 Å². The van der Waals surface area contributed by atoms with Crippen molar-refractivity contribution >= 4 is 29.3 Å². The third kappa shape index (κ3) is 5.65. The molecule has 162 valence electrons. The van der Waals surface area contributed by atoms with Crippen LogP contribution in [-0.4, -0.2) is 18.2 Å². The van der Waals surface area contributed by atoms with Crippen LogP contribution in [0.1, 0.15) is 29.4 Å².